The molecule has 4 nitrogen and oxygen atoms in total. The molecule has 4 heteroatoms. The van der Waals surface area contributed by atoms with Gasteiger partial charge in [0.2, 0.25) is 0 Å². The number of amides is 1. The normalized spacial score (nSPS) is 20.5. The predicted octanol–water partition coefficient (Wildman–Crippen LogP) is 1.50. The number of hydrogen-bond acceptors (Lipinski definition) is 3. The minimum absolute atomic E-state index is 0.0863. The molecule has 1 aromatic rings. The highest BCUT2D eigenvalue weighted by Crippen LogP contribution is 2.12. The van der Waals surface area contributed by atoms with Gasteiger partial charge < -0.3 is 14.5 Å². The summed E-state index contributed by atoms with van der Waals surface area (Å²) in [7, 11) is 0. The Kier molecular flexibility index (Phi) is 3.06. The molecule has 1 atom stereocenters. The number of rotatable bonds is 3. The van der Waals surface area contributed by atoms with E-state index in [9.17, 15) is 4.79 Å². The van der Waals surface area contributed by atoms with E-state index in [-0.39, 0.29) is 12.0 Å². The van der Waals surface area contributed by atoms with E-state index in [4.69, 9.17) is 9.15 Å². The number of carbonyl (C=O) groups is 1. The first-order valence-electron chi connectivity index (χ1n) is 5.21. The van der Waals surface area contributed by atoms with Gasteiger partial charge >= 0.3 is 0 Å². The Morgan fingerprint density at radius 3 is 3.13 bits per heavy atom. The van der Waals surface area contributed by atoms with E-state index in [1.807, 2.05) is 0 Å². The summed E-state index contributed by atoms with van der Waals surface area (Å²) in [4.78, 5) is 11.7. The SMILES string of the molecule is Cc1occc1C(=O)NC[C@H]1CCCO1. The summed E-state index contributed by atoms with van der Waals surface area (Å²) in [6.45, 7) is 3.18. The molecule has 1 fully saturated rings. The molecule has 1 amide bonds. The average Bonchev–Trinajstić information content (AvgIpc) is 2.84. The zero-order valence-electron chi connectivity index (χ0n) is 8.79. The first-order valence-corrected chi connectivity index (χ1v) is 5.21. The van der Waals surface area contributed by atoms with Crippen LogP contribution in [0.2, 0.25) is 0 Å². The van der Waals surface area contributed by atoms with Gasteiger partial charge in [0.1, 0.15) is 5.76 Å². The molecule has 0 unspecified atom stereocenters. The molecule has 1 aliphatic heterocycles. The van der Waals surface area contributed by atoms with Crippen LogP contribution in [0.5, 0.6) is 0 Å². The van der Waals surface area contributed by atoms with Crippen LogP contribution in [0.25, 0.3) is 0 Å². The summed E-state index contributed by atoms with van der Waals surface area (Å²) in [6.07, 6.45) is 3.83. The van der Waals surface area contributed by atoms with Gasteiger partial charge in [-0.3, -0.25) is 4.79 Å². The van der Waals surface area contributed by atoms with E-state index < -0.39 is 0 Å². The molecule has 0 bridgehead atoms. The van der Waals surface area contributed by atoms with Crippen molar-refractivity contribution < 1.29 is 13.9 Å². The summed E-state index contributed by atoms with van der Waals surface area (Å²) in [5.74, 6) is 0.566. The third-order valence-corrected chi connectivity index (χ3v) is 2.62. The van der Waals surface area contributed by atoms with E-state index in [1.54, 1.807) is 13.0 Å². The third-order valence-electron chi connectivity index (χ3n) is 2.62. The molecule has 2 heterocycles. The van der Waals surface area contributed by atoms with Crippen LogP contribution < -0.4 is 5.32 Å². The number of furan rings is 1. The number of carbonyl (C=O) groups excluding carboxylic acids is 1. The zero-order chi connectivity index (χ0) is 10.7. The van der Waals surface area contributed by atoms with Crippen LogP contribution in [0.3, 0.4) is 0 Å². The van der Waals surface area contributed by atoms with Gasteiger partial charge in [0.25, 0.3) is 5.91 Å². The monoisotopic (exact) mass is 209 g/mol. The van der Waals surface area contributed by atoms with Crippen molar-refractivity contribution in [2.24, 2.45) is 0 Å². The second-order valence-electron chi connectivity index (χ2n) is 3.74. The van der Waals surface area contributed by atoms with Gasteiger partial charge in [-0.1, -0.05) is 0 Å². The largest absolute Gasteiger partial charge is 0.469 e. The Hall–Kier alpha value is -1.29. The van der Waals surface area contributed by atoms with Crippen LogP contribution in [0.15, 0.2) is 16.7 Å². The van der Waals surface area contributed by atoms with Gasteiger partial charge in [-0.05, 0) is 25.8 Å². The van der Waals surface area contributed by atoms with Crippen LogP contribution in [-0.4, -0.2) is 25.2 Å². The minimum atomic E-state index is -0.0863. The van der Waals surface area contributed by atoms with Crippen molar-refractivity contribution in [2.45, 2.75) is 25.9 Å². The van der Waals surface area contributed by atoms with Gasteiger partial charge in [-0.2, -0.15) is 0 Å². The molecule has 1 N–H and O–H groups in total. The van der Waals surface area contributed by atoms with Crippen LogP contribution in [0.4, 0.5) is 0 Å². The van der Waals surface area contributed by atoms with Gasteiger partial charge in [0.15, 0.2) is 0 Å². The lowest BCUT2D eigenvalue weighted by molar-refractivity contribution is 0.0856. The van der Waals surface area contributed by atoms with Gasteiger partial charge in [0.05, 0.1) is 17.9 Å². The van der Waals surface area contributed by atoms with E-state index in [0.29, 0.717) is 17.9 Å². The van der Waals surface area contributed by atoms with Crippen molar-refractivity contribution >= 4 is 5.91 Å². The topological polar surface area (TPSA) is 51.5 Å². The molecule has 1 aliphatic rings. The molecule has 0 saturated carbocycles. The number of aryl methyl sites for hydroxylation is 1. The standard InChI is InChI=1S/C11H15NO3/c1-8-10(4-6-14-8)11(13)12-7-9-3-2-5-15-9/h4,6,9H,2-3,5,7H2,1H3,(H,12,13)/t9-/m1/s1. The van der Waals surface area contributed by atoms with Crippen molar-refractivity contribution in [3.8, 4) is 0 Å². The van der Waals surface area contributed by atoms with Gasteiger partial charge in [0, 0.05) is 13.2 Å². The van der Waals surface area contributed by atoms with E-state index in [0.717, 1.165) is 19.4 Å². The van der Waals surface area contributed by atoms with Crippen LogP contribution in [0.1, 0.15) is 29.0 Å². The fraction of sp³-hybridized carbons (Fsp3) is 0.545. The first kappa shape index (κ1) is 10.2. The molecular formula is C11H15NO3. The molecule has 82 valence electrons. The lowest BCUT2D eigenvalue weighted by atomic mass is 10.2. The highest BCUT2D eigenvalue weighted by Gasteiger charge is 2.17. The Morgan fingerprint density at radius 2 is 2.53 bits per heavy atom. The summed E-state index contributed by atoms with van der Waals surface area (Å²) in [6, 6.07) is 1.68. The molecule has 0 radical (unpaired) electrons. The highest BCUT2D eigenvalue weighted by atomic mass is 16.5. The average molecular weight is 209 g/mol. The Morgan fingerprint density at radius 1 is 1.67 bits per heavy atom. The maximum absolute atomic E-state index is 11.7. The molecule has 15 heavy (non-hydrogen) atoms. The third kappa shape index (κ3) is 2.39. The molecular weight excluding hydrogens is 194 g/mol. The van der Waals surface area contributed by atoms with Crippen LogP contribution >= 0.6 is 0 Å². The van der Waals surface area contributed by atoms with Gasteiger partial charge in [-0.25, -0.2) is 0 Å². The van der Waals surface area contributed by atoms with Crippen LogP contribution in [0, 0.1) is 6.92 Å². The van der Waals surface area contributed by atoms with E-state index >= 15 is 0 Å². The van der Waals surface area contributed by atoms with Crippen molar-refractivity contribution in [3.63, 3.8) is 0 Å². The summed E-state index contributed by atoms with van der Waals surface area (Å²) >= 11 is 0. The lowest BCUT2D eigenvalue weighted by Crippen LogP contribution is -2.31. The van der Waals surface area contributed by atoms with Crippen molar-refractivity contribution in [1.82, 2.24) is 5.32 Å². The Balaban J connectivity index is 1.84. The van der Waals surface area contributed by atoms with E-state index in [2.05, 4.69) is 5.32 Å². The molecule has 1 saturated heterocycles. The number of ether oxygens (including phenoxy) is 1. The lowest BCUT2D eigenvalue weighted by Gasteiger charge is -2.10. The second kappa shape index (κ2) is 4.49. The maximum atomic E-state index is 11.7. The molecule has 0 aliphatic carbocycles. The second-order valence-corrected chi connectivity index (χ2v) is 3.74. The smallest absolute Gasteiger partial charge is 0.254 e. The highest BCUT2D eigenvalue weighted by molar-refractivity contribution is 5.95. The quantitative estimate of drug-likeness (QED) is 0.820. The fourth-order valence-corrected chi connectivity index (χ4v) is 1.73. The summed E-state index contributed by atoms with van der Waals surface area (Å²) in [5.41, 5.74) is 0.605. The Labute approximate surface area is 88.6 Å². The summed E-state index contributed by atoms with van der Waals surface area (Å²) in [5, 5.41) is 2.84. The van der Waals surface area contributed by atoms with Crippen molar-refractivity contribution in [3.05, 3.63) is 23.7 Å². The number of nitrogens with one attached hydrogen (secondary N) is 1. The fourth-order valence-electron chi connectivity index (χ4n) is 1.73. The van der Waals surface area contributed by atoms with Crippen molar-refractivity contribution in [2.75, 3.05) is 13.2 Å². The molecule has 0 spiro atoms. The molecule has 0 aromatic carbocycles. The first-order chi connectivity index (χ1) is 7.27. The zero-order valence-corrected chi connectivity index (χ0v) is 8.79. The summed E-state index contributed by atoms with van der Waals surface area (Å²) < 4.78 is 10.5. The van der Waals surface area contributed by atoms with Crippen LogP contribution in [-0.2, 0) is 4.74 Å². The van der Waals surface area contributed by atoms with Gasteiger partial charge in [-0.15, -0.1) is 0 Å². The molecule has 1 aromatic heterocycles. The van der Waals surface area contributed by atoms with Crippen molar-refractivity contribution in [1.29, 1.82) is 0 Å². The molecule has 2 rings (SSSR count). The number of hydrogen-bond donors (Lipinski definition) is 1. The maximum Gasteiger partial charge on any atom is 0.254 e. The minimum Gasteiger partial charge on any atom is -0.469 e. The van der Waals surface area contributed by atoms with E-state index in [1.165, 1.54) is 6.26 Å². The Bertz CT molecular complexity index is 339. The predicted molar refractivity (Wildman–Crippen MR) is 54.8 cm³/mol.